The molecule has 0 bridgehead atoms. The van der Waals surface area contributed by atoms with Crippen LogP contribution in [0.1, 0.15) is 24.5 Å². The van der Waals surface area contributed by atoms with Gasteiger partial charge >= 0.3 is 0 Å². The molecule has 0 aliphatic heterocycles. The van der Waals surface area contributed by atoms with Crippen LogP contribution >= 0.6 is 27.7 Å². The molecule has 4 nitrogen and oxygen atoms in total. The van der Waals surface area contributed by atoms with Crippen molar-refractivity contribution in [3.8, 4) is 0 Å². The number of hydrogen-bond donors (Lipinski definition) is 1. The van der Waals surface area contributed by atoms with Gasteiger partial charge in [0.05, 0.1) is 6.10 Å². The maximum atomic E-state index is 9.46. The molecule has 1 heterocycles. The summed E-state index contributed by atoms with van der Waals surface area (Å²) >= 11 is 4.84. The van der Waals surface area contributed by atoms with Crippen molar-refractivity contribution in [2.75, 3.05) is 0 Å². The molecule has 0 aliphatic rings. The van der Waals surface area contributed by atoms with Crippen LogP contribution in [0, 0.1) is 6.92 Å². The Morgan fingerprint density at radius 1 is 1.41 bits per heavy atom. The van der Waals surface area contributed by atoms with E-state index in [0.29, 0.717) is 11.1 Å². The first-order valence-electron chi connectivity index (χ1n) is 5.01. The summed E-state index contributed by atoms with van der Waals surface area (Å²) in [5, 5.41) is 17.7. The third-order valence-corrected chi connectivity index (χ3v) is 3.98. The highest BCUT2D eigenvalue weighted by atomic mass is 79.9. The van der Waals surface area contributed by atoms with E-state index >= 15 is 0 Å². The zero-order chi connectivity index (χ0) is 12.4. The topological polar surface area (TPSA) is 59.2 Å². The van der Waals surface area contributed by atoms with E-state index in [1.165, 1.54) is 11.8 Å². The van der Waals surface area contributed by atoms with Crippen molar-refractivity contribution >= 4 is 27.7 Å². The molecule has 0 saturated carbocycles. The molecule has 0 spiro atoms. The van der Waals surface area contributed by atoms with Gasteiger partial charge in [-0.05, 0) is 52.3 Å². The zero-order valence-corrected chi connectivity index (χ0v) is 11.7. The largest absolute Gasteiger partial charge is 0.416 e. The van der Waals surface area contributed by atoms with E-state index in [-0.39, 0.29) is 0 Å². The van der Waals surface area contributed by atoms with Crippen LogP contribution in [0.2, 0.25) is 0 Å². The molecule has 6 heteroatoms. The van der Waals surface area contributed by atoms with Gasteiger partial charge in [0.15, 0.2) is 0 Å². The fraction of sp³-hybridized carbons (Fsp3) is 0.273. The Kier molecular flexibility index (Phi) is 3.86. The number of aromatic nitrogens is 2. The monoisotopic (exact) mass is 314 g/mol. The molecule has 0 amide bonds. The van der Waals surface area contributed by atoms with E-state index < -0.39 is 6.10 Å². The van der Waals surface area contributed by atoms with Crippen LogP contribution in [0.4, 0.5) is 0 Å². The fourth-order valence-electron chi connectivity index (χ4n) is 1.27. The van der Waals surface area contributed by atoms with Crippen molar-refractivity contribution in [1.29, 1.82) is 0 Å². The summed E-state index contributed by atoms with van der Waals surface area (Å²) in [5.41, 5.74) is 0.864. The summed E-state index contributed by atoms with van der Waals surface area (Å²) in [6, 6.07) is 5.67. The average Bonchev–Trinajstić information content (AvgIpc) is 2.67. The Balaban J connectivity index is 2.22. The Hall–Kier alpha value is -0.850. The van der Waals surface area contributed by atoms with Gasteiger partial charge in [0.2, 0.25) is 5.89 Å². The molecule has 1 atom stereocenters. The van der Waals surface area contributed by atoms with Crippen molar-refractivity contribution in [3.05, 3.63) is 34.1 Å². The minimum Gasteiger partial charge on any atom is -0.416 e. The van der Waals surface area contributed by atoms with E-state index in [2.05, 4.69) is 26.1 Å². The van der Waals surface area contributed by atoms with Crippen molar-refractivity contribution < 1.29 is 9.52 Å². The van der Waals surface area contributed by atoms with Crippen LogP contribution < -0.4 is 0 Å². The molecular formula is C11H11BrN2O2S. The lowest BCUT2D eigenvalue weighted by molar-refractivity contribution is 0.199. The first kappa shape index (κ1) is 12.6. The summed E-state index contributed by atoms with van der Waals surface area (Å²) in [5.74, 6) is 0.546. The molecule has 1 aromatic heterocycles. The van der Waals surface area contributed by atoms with Crippen molar-refractivity contribution in [1.82, 2.24) is 10.2 Å². The Morgan fingerprint density at radius 2 is 2.18 bits per heavy atom. The summed E-state index contributed by atoms with van der Waals surface area (Å²) in [7, 11) is 0. The maximum Gasteiger partial charge on any atom is 0.281 e. The molecule has 90 valence electrons. The average molecular weight is 315 g/mol. The quantitative estimate of drug-likeness (QED) is 0.941. The number of halogens is 1. The predicted octanol–water partition coefficient (Wildman–Crippen LogP) is 3.35. The number of benzene rings is 1. The smallest absolute Gasteiger partial charge is 0.281 e. The molecule has 1 N–H and O–H groups in total. The predicted molar refractivity (Wildman–Crippen MR) is 67.9 cm³/mol. The number of aryl methyl sites for hydroxylation is 1. The first-order valence-corrected chi connectivity index (χ1v) is 6.62. The molecule has 0 aliphatic carbocycles. The molecular weight excluding hydrogens is 304 g/mol. The van der Waals surface area contributed by atoms with Crippen molar-refractivity contribution in [3.63, 3.8) is 0 Å². The third kappa shape index (κ3) is 3.08. The van der Waals surface area contributed by atoms with Gasteiger partial charge < -0.3 is 9.52 Å². The molecule has 17 heavy (non-hydrogen) atoms. The van der Waals surface area contributed by atoms with E-state index in [9.17, 15) is 5.11 Å². The Bertz CT molecular complexity index is 528. The van der Waals surface area contributed by atoms with Crippen molar-refractivity contribution in [2.24, 2.45) is 0 Å². The molecule has 2 aromatic rings. The highest BCUT2D eigenvalue weighted by Crippen LogP contribution is 2.34. The van der Waals surface area contributed by atoms with Gasteiger partial charge in [0.25, 0.3) is 5.22 Å². The normalized spacial score (nSPS) is 12.7. The number of aliphatic hydroxyl groups is 1. The van der Waals surface area contributed by atoms with Crippen LogP contribution in [0.25, 0.3) is 0 Å². The number of aliphatic hydroxyl groups excluding tert-OH is 1. The molecule has 1 aromatic carbocycles. The van der Waals surface area contributed by atoms with Gasteiger partial charge in [-0.1, -0.05) is 6.07 Å². The molecule has 0 unspecified atom stereocenters. The Morgan fingerprint density at radius 3 is 2.71 bits per heavy atom. The number of nitrogens with zero attached hydrogens (tertiary/aromatic N) is 2. The third-order valence-electron chi connectivity index (χ3n) is 2.14. The summed E-state index contributed by atoms with van der Waals surface area (Å²) < 4.78 is 6.19. The second kappa shape index (κ2) is 5.20. The maximum absolute atomic E-state index is 9.46. The fourth-order valence-corrected chi connectivity index (χ4v) is 2.64. The first-order chi connectivity index (χ1) is 8.06. The second-order valence-corrected chi connectivity index (χ2v) is 5.40. The minimum atomic E-state index is -0.476. The van der Waals surface area contributed by atoms with Crippen LogP contribution in [-0.2, 0) is 0 Å². The van der Waals surface area contributed by atoms with Gasteiger partial charge in [0.1, 0.15) is 0 Å². The summed E-state index contributed by atoms with van der Waals surface area (Å²) in [6.07, 6.45) is -0.476. The van der Waals surface area contributed by atoms with E-state index in [1.807, 2.05) is 18.2 Å². The molecule has 0 saturated heterocycles. The Labute approximate surface area is 112 Å². The van der Waals surface area contributed by atoms with Crippen LogP contribution in [-0.4, -0.2) is 15.3 Å². The lowest BCUT2D eigenvalue weighted by Crippen LogP contribution is -1.90. The van der Waals surface area contributed by atoms with Crippen LogP contribution in [0.5, 0.6) is 0 Å². The number of rotatable bonds is 3. The summed E-state index contributed by atoms with van der Waals surface area (Å²) in [6.45, 7) is 3.48. The van der Waals surface area contributed by atoms with Gasteiger partial charge in [-0.2, -0.15) is 0 Å². The highest BCUT2D eigenvalue weighted by molar-refractivity contribution is 9.10. The summed E-state index contributed by atoms with van der Waals surface area (Å²) in [4.78, 5) is 0.970. The standard InChI is InChI=1S/C11H11BrN2O2S/c1-6(15)8-3-4-10(9(12)5-8)17-11-14-13-7(2)16-11/h3-6,15H,1-2H3/t6-/m1/s1. The van der Waals surface area contributed by atoms with E-state index in [1.54, 1.807) is 13.8 Å². The molecule has 0 radical (unpaired) electrons. The molecule has 2 rings (SSSR count). The van der Waals surface area contributed by atoms with Gasteiger partial charge in [-0.25, -0.2) is 0 Å². The lowest BCUT2D eigenvalue weighted by atomic mass is 10.1. The van der Waals surface area contributed by atoms with Crippen LogP contribution in [0.3, 0.4) is 0 Å². The van der Waals surface area contributed by atoms with Crippen molar-refractivity contribution in [2.45, 2.75) is 30.1 Å². The highest BCUT2D eigenvalue weighted by Gasteiger charge is 2.10. The van der Waals surface area contributed by atoms with Gasteiger partial charge in [-0.3, -0.25) is 0 Å². The number of hydrogen-bond acceptors (Lipinski definition) is 5. The van der Waals surface area contributed by atoms with Gasteiger partial charge in [0, 0.05) is 16.3 Å². The van der Waals surface area contributed by atoms with Gasteiger partial charge in [-0.15, -0.1) is 10.2 Å². The minimum absolute atomic E-state index is 0.476. The van der Waals surface area contributed by atoms with Crippen LogP contribution in [0.15, 0.2) is 37.2 Å². The van der Waals surface area contributed by atoms with E-state index in [4.69, 9.17) is 4.42 Å². The second-order valence-electron chi connectivity index (χ2n) is 3.55. The lowest BCUT2D eigenvalue weighted by Gasteiger charge is -2.07. The zero-order valence-electron chi connectivity index (χ0n) is 9.35. The SMILES string of the molecule is Cc1nnc(Sc2ccc([C@@H](C)O)cc2Br)o1. The molecule has 0 fully saturated rings. The van der Waals surface area contributed by atoms with E-state index in [0.717, 1.165) is 14.9 Å².